The third-order valence-corrected chi connectivity index (χ3v) is 2.07. The monoisotopic (exact) mass is 233 g/mol. The summed E-state index contributed by atoms with van der Waals surface area (Å²) in [5, 5.41) is 8.75. The molecule has 0 aliphatic rings. The lowest BCUT2D eigenvalue weighted by molar-refractivity contribution is -0.132. The fraction of sp³-hybridized carbons (Fsp3) is 0.167. The van der Waals surface area contributed by atoms with Crippen molar-refractivity contribution in [3.05, 3.63) is 40.9 Å². The third-order valence-electron chi connectivity index (χ3n) is 2.07. The zero-order valence-electron chi connectivity index (χ0n) is 9.43. The highest BCUT2D eigenvalue weighted by Gasteiger charge is 2.09. The first-order valence-electron chi connectivity index (χ1n) is 4.67. The summed E-state index contributed by atoms with van der Waals surface area (Å²) in [6.07, 6.45) is 1.26. The maximum atomic E-state index is 10.7. The highest BCUT2D eigenvalue weighted by atomic mass is 16.5. The molecule has 5 nitrogen and oxygen atoms in total. The number of aliphatic carboxylic acids is 1. The van der Waals surface area contributed by atoms with Crippen molar-refractivity contribution in [1.29, 1.82) is 0 Å². The number of benzene rings is 1. The van der Waals surface area contributed by atoms with E-state index in [4.69, 9.17) is 21.2 Å². The molecule has 88 valence electrons. The van der Waals surface area contributed by atoms with E-state index in [-0.39, 0.29) is 5.70 Å². The van der Waals surface area contributed by atoms with E-state index in [2.05, 4.69) is 4.85 Å². The van der Waals surface area contributed by atoms with E-state index in [9.17, 15) is 4.79 Å². The number of carboxylic acid groups (broad SMARTS) is 1. The number of hydrogen-bond donors (Lipinski definition) is 1. The topological polar surface area (TPSA) is 60.1 Å². The molecule has 5 heteroatoms. The average Bonchev–Trinajstić information content (AvgIpc) is 2.35. The van der Waals surface area contributed by atoms with Crippen molar-refractivity contribution in [1.82, 2.24) is 0 Å². The van der Waals surface area contributed by atoms with Gasteiger partial charge >= 0.3 is 5.97 Å². The van der Waals surface area contributed by atoms with Gasteiger partial charge in [0, 0.05) is 11.6 Å². The van der Waals surface area contributed by atoms with Gasteiger partial charge in [-0.2, -0.15) is 0 Å². The molecule has 0 unspecified atom stereocenters. The van der Waals surface area contributed by atoms with Crippen LogP contribution < -0.4 is 9.47 Å². The molecular weight excluding hydrogens is 222 g/mol. The maximum absolute atomic E-state index is 10.7. The van der Waals surface area contributed by atoms with Crippen LogP contribution in [0, 0.1) is 6.57 Å². The van der Waals surface area contributed by atoms with Crippen molar-refractivity contribution in [3.63, 3.8) is 0 Å². The molecule has 0 atom stereocenters. The van der Waals surface area contributed by atoms with Crippen LogP contribution in [0.2, 0.25) is 0 Å². The van der Waals surface area contributed by atoms with Gasteiger partial charge in [-0.05, 0) is 18.2 Å². The summed E-state index contributed by atoms with van der Waals surface area (Å²) >= 11 is 0. The molecular formula is C12H11NO4. The maximum Gasteiger partial charge on any atom is 0.333 e. The minimum absolute atomic E-state index is 0.367. The summed E-state index contributed by atoms with van der Waals surface area (Å²) < 4.78 is 10.1. The summed E-state index contributed by atoms with van der Waals surface area (Å²) in [5.41, 5.74) is 0.148. The SMILES string of the molecule is [C-]#[N+]/C(=C\c1ccc(OC)cc1OC)C(=O)O. The predicted molar refractivity (Wildman–Crippen MR) is 61.8 cm³/mol. The second-order valence-electron chi connectivity index (χ2n) is 3.05. The van der Waals surface area contributed by atoms with Gasteiger partial charge in [0.1, 0.15) is 11.5 Å². The molecule has 0 spiro atoms. The first-order chi connectivity index (χ1) is 8.12. The molecule has 0 fully saturated rings. The van der Waals surface area contributed by atoms with Crippen molar-refractivity contribution in [2.75, 3.05) is 14.2 Å². The third kappa shape index (κ3) is 2.98. The van der Waals surface area contributed by atoms with Crippen LogP contribution in [0.4, 0.5) is 0 Å². The molecule has 0 aliphatic heterocycles. The van der Waals surface area contributed by atoms with Gasteiger partial charge in [0.15, 0.2) is 0 Å². The Kier molecular flexibility index (Phi) is 4.12. The molecule has 1 aromatic rings. The van der Waals surface area contributed by atoms with Crippen molar-refractivity contribution >= 4 is 12.0 Å². The Morgan fingerprint density at radius 1 is 1.41 bits per heavy atom. The number of carboxylic acids is 1. The van der Waals surface area contributed by atoms with E-state index in [1.54, 1.807) is 18.2 Å². The van der Waals surface area contributed by atoms with E-state index >= 15 is 0 Å². The van der Waals surface area contributed by atoms with Crippen molar-refractivity contribution in [3.8, 4) is 11.5 Å². The fourth-order valence-corrected chi connectivity index (χ4v) is 1.23. The predicted octanol–water partition coefficient (Wildman–Crippen LogP) is 2.05. The van der Waals surface area contributed by atoms with Crippen LogP contribution in [0.15, 0.2) is 23.9 Å². The van der Waals surface area contributed by atoms with Crippen LogP contribution >= 0.6 is 0 Å². The number of hydrogen-bond acceptors (Lipinski definition) is 3. The molecule has 0 saturated heterocycles. The van der Waals surface area contributed by atoms with Crippen molar-refractivity contribution in [2.45, 2.75) is 0 Å². The Hall–Kier alpha value is -2.48. The lowest BCUT2D eigenvalue weighted by Gasteiger charge is -2.07. The molecule has 17 heavy (non-hydrogen) atoms. The Morgan fingerprint density at radius 3 is 2.59 bits per heavy atom. The summed E-state index contributed by atoms with van der Waals surface area (Å²) in [5.74, 6) is -0.219. The first kappa shape index (κ1) is 12.6. The second kappa shape index (κ2) is 5.56. The smallest absolute Gasteiger partial charge is 0.333 e. The number of ether oxygens (including phenoxy) is 2. The van der Waals surface area contributed by atoms with Gasteiger partial charge in [-0.3, -0.25) is 4.79 Å². The lowest BCUT2D eigenvalue weighted by Crippen LogP contribution is -1.96. The minimum Gasteiger partial charge on any atom is -0.497 e. The van der Waals surface area contributed by atoms with Crippen LogP contribution in [0.5, 0.6) is 11.5 Å². The number of nitrogens with zero attached hydrogens (tertiary/aromatic N) is 1. The van der Waals surface area contributed by atoms with Crippen molar-refractivity contribution in [2.24, 2.45) is 0 Å². The summed E-state index contributed by atoms with van der Waals surface area (Å²) in [7, 11) is 2.98. The number of carbonyl (C=O) groups is 1. The van der Waals surface area contributed by atoms with E-state index in [0.717, 1.165) is 0 Å². The number of methoxy groups -OCH3 is 2. The summed E-state index contributed by atoms with van der Waals surface area (Å²) in [6.45, 7) is 6.76. The average molecular weight is 233 g/mol. The molecule has 0 saturated carbocycles. The van der Waals surface area contributed by atoms with E-state index in [1.165, 1.54) is 20.3 Å². The first-order valence-corrected chi connectivity index (χ1v) is 4.67. The zero-order valence-corrected chi connectivity index (χ0v) is 9.43. The van der Waals surface area contributed by atoms with Crippen LogP contribution in [-0.4, -0.2) is 25.3 Å². The van der Waals surface area contributed by atoms with E-state index < -0.39 is 5.97 Å². The van der Waals surface area contributed by atoms with Gasteiger partial charge < -0.3 is 14.6 Å². The standard InChI is InChI=1S/C12H11NO4/c1-13-10(12(14)15)6-8-4-5-9(16-2)7-11(8)17-3/h4-7H,2-3H3,(H,14,15)/b10-6-. The fourth-order valence-electron chi connectivity index (χ4n) is 1.23. The Balaban J connectivity index is 3.23. The van der Waals surface area contributed by atoms with Crippen molar-refractivity contribution < 1.29 is 19.4 Å². The van der Waals surface area contributed by atoms with Gasteiger partial charge in [0.2, 0.25) is 0 Å². The zero-order chi connectivity index (χ0) is 12.8. The van der Waals surface area contributed by atoms with Gasteiger partial charge in [0.05, 0.1) is 20.8 Å². The van der Waals surface area contributed by atoms with Crippen LogP contribution in [-0.2, 0) is 4.79 Å². The van der Waals surface area contributed by atoms with Gasteiger partial charge in [-0.1, -0.05) is 0 Å². The molecule has 1 rings (SSSR count). The quantitative estimate of drug-likeness (QED) is 0.638. The molecule has 1 aromatic carbocycles. The summed E-state index contributed by atoms with van der Waals surface area (Å²) in [4.78, 5) is 13.6. The lowest BCUT2D eigenvalue weighted by atomic mass is 10.1. The minimum atomic E-state index is -1.27. The van der Waals surface area contributed by atoms with Crippen LogP contribution in [0.25, 0.3) is 10.9 Å². The Bertz CT molecular complexity index is 500. The van der Waals surface area contributed by atoms with Crippen LogP contribution in [0.1, 0.15) is 5.56 Å². The molecule has 0 amide bonds. The second-order valence-corrected chi connectivity index (χ2v) is 3.05. The van der Waals surface area contributed by atoms with E-state index in [1.807, 2.05) is 0 Å². The van der Waals surface area contributed by atoms with Gasteiger partial charge in [0.25, 0.3) is 5.70 Å². The molecule has 1 N–H and O–H groups in total. The molecule has 0 radical (unpaired) electrons. The molecule has 0 aliphatic carbocycles. The van der Waals surface area contributed by atoms with Gasteiger partial charge in [-0.15, -0.1) is 0 Å². The Labute approximate surface area is 98.7 Å². The van der Waals surface area contributed by atoms with Gasteiger partial charge in [-0.25, -0.2) is 4.85 Å². The number of rotatable bonds is 4. The van der Waals surface area contributed by atoms with E-state index in [0.29, 0.717) is 17.1 Å². The normalized spacial score (nSPS) is 10.5. The molecule has 0 aromatic heterocycles. The summed E-state index contributed by atoms with van der Waals surface area (Å²) in [6, 6.07) is 4.92. The highest BCUT2D eigenvalue weighted by Crippen LogP contribution is 2.26. The molecule has 0 bridgehead atoms. The Morgan fingerprint density at radius 2 is 2.12 bits per heavy atom. The highest BCUT2D eigenvalue weighted by molar-refractivity contribution is 5.94. The largest absolute Gasteiger partial charge is 0.497 e. The molecule has 0 heterocycles. The van der Waals surface area contributed by atoms with Crippen LogP contribution in [0.3, 0.4) is 0 Å².